The molecule has 8 nitrogen and oxygen atoms in total. The van der Waals surface area contributed by atoms with Gasteiger partial charge in [-0.05, 0) is 32.1 Å². The van der Waals surface area contributed by atoms with Crippen LogP contribution in [0.5, 0.6) is 0 Å². The van der Waals surface area contributed by atoms with Crippen LogP contribution in [0.1, 0.15) is 51.4 Å². The molecule has 2 aliphatic carbocycles. The van der Waals surface area contributed by atoms with Gasteiger partial charge in [-0.25, -0.2) is 4.79 Å². The molecule has 3 fully saturated rings. The van der Waals surface area contributed by atoms with Gasteiger partial charge in [0.05, 0.1) is 6.04 Å². The summed E-state index contributed by atoms with van der Waals surface area (Å²) in [6.45, 7) is -0.0143. The minimum absolute atomic E-state index is 0.000112. The molecule has 1 heterocycles. The molecule has 0 aromatic heterocycles. The lowest BCUT2D eigenvalue weighted by Gasteiger charge is -2.29. The van der Waals surface area contributed by atoms with Gasteiger partial charge in [0.2, 0.25) is 11.9 Å². The predicted molar refractivity (Wildman–Crippen MR) is 80.4 cm³/mol. The molecule has 2 amide bonds. The summed E-state index contributed by atoms with van der Waals surface area (Å²) >= 11 is 0. The summed E-state index contributed by atoms with van der Waals surface area (Å²) in [5.74, 6) is -0.248. The third-order valence-corrected chi connectivity index (χ3v) is 5.18. The number of hydrogen-bond donors (Lipinski definition) is 1. The van der Waals surface area contributed by atoms with Crippen molar-refractivity contribution < 1.29 is 19.2 Å². The fourth-order valence-corrected chi connectivity index (χ4v) is 4.00. The second-order valence-corrected chi connectivity index (χ2v) is 6.77. The van der Waals surface area contributed by atoms with Gasteiger partial charge < -0.3 is 10.1 Å². The smallest absolute Gasteiger partial charge is 0.410 e. The monoisotopic (exact) mass is 325 g/mol. The lowest BCUT2D eigenvalue weighted by molar-refractivity contribution is -0.526. The van der Waals surface area contributed by atoms with Crippen molar-refractivity contribution in [1.82, 2.24) is 10.2 Å². The quantitative estimate of drug-likeness (QED) is 0.622. The number of nitrogens with one attached hydrogen (secondary N) is 1. The maximum atomic E-state index is 12.2. The molecule has 4 atom stereocenters. The third-order valence-electron chi connectivity index (χ3n) is 5.18. The first kappa shape index (κ1) is 16.0. The van der Waals surface area contributed by atoms with Gasteiger partial charge in [0.25, 0.3) is 0 Å². The molecule has 2 saturated carbocycles. The fraction of sp³-hybridized carbons (Fsp3) is 0.867. The SMILES string of the molecule is O=C(CN1C(=O)OC2CCCCC21)NC1CCCC([N+](=O)[O-])C1. The highest BCUT2D eigenvalue weighted by Crippen LogP contribution is 2.31. The Bertz CT molecular complexity index is 498. The molecule has 0 aromatic carbocycles. The molecule has 0 aromatic rings. The van der Waals surface area contributed by atoms with E-state index in [0.29, 0.717) is 12.8 Å². The number of nitro groups is 1. The van der Waals surface area contributed by atoms with Crippen molar-refractivity contribution in [3.05, 3.63) is 10.1 Å². The fourth-order valence-electron chi connectivity index (χ4n) is 4.00. The lowest BCUT2D eigenvalue weighted by atomic mass is 9.91. The number of carbonyl (C=O) groups is 2. The number of nitrogens with zero attached hydrogens (tertiary/aromatic N) is 2. The Morgan fingerprint density at radius 2 is 2.04 bits per heavy atom. The zero-order valence-electron chi connectivity index (χ0n) is 13.1. The van der Waals surface area contributed by atoms with E-state index in [1.54, 1.807) is 0 Å². The average molecular weight is 325 g/mol. The highest BCUT2D eigenvalue weighted by molar-refractivity contribution is 5.83. The van der Waals surface area contributed by atoms with Crippen LogP contribution in [0.2, 0.25) is 0 Å². The van der Waals surface area contributed by atoms with Gasteiger partial charge in [-0.2, -0.15) is 0 Å². The molecule has 128 valence electrons. The number of ether oxygens (including phenoxy) is 1. The van der Waals surface area contributed by atoms with Crippen molar-refractivity contribution in [2.24, 2.45) is 0 Å². The summed E-state index contributed by atoms with van der Waals surface area (Å²) in [7, 11) is 0. The number of rotatable bonds is 4. The molecule has 23 heavy (non-hydrogen) atoms. The summed E-state index contributed by atoms with van der Waals surface area (Å²) in [4.78, 5) is 36.3. The van der Waals surface area contributed by atoms with Crippen molar-refractivity contribution in [2.75, 3.05) is 6.54 Å². The van der Waals surface area contributed by atoms with Crippen LogP contribution >= 0.6 is 0 Å². The summed E-state index contributed by atoms with van der Waals surface area (Å²) < 4.78 is 5.33. The maximum Gasteiger partial charge on any atom is 0.410 e. The van der Waals surface area contributed by atoms with E-state index in [1.165, 1.54) is 4.90 Å². The summed E-state index contributed by atoms with van der Waals surface area (Å²) in [6, 6.07) is -0.749. The van der Waals surface area contributed by atoms with Gasteiger partial charge in [-0.15, -0.1) is 0 Å². The molecule has 0 radical (unpaired) electrons. The Labute approximate surface area is 134 Å². The average Bonchev–Trinajstić information content (AvgIpc) is 2.83. The van der Waals surface area contributed by atoms with Crippen molar-refractivity contribution in [1.29, 1.82) is 0 Å². The zero-order valence-corrected chi connectivity index (χ0v) is 13.1. The summed E-state index contributed by atoms with van der Waals surface area (Å²) in [6.07, 6.45) is 5.78. The van der Waals surface area contributed by atoms with Gasteiger partial charge in [0.1, 0.15) is 12.6 Å². The molecule has 0 bridgehead atoms. The molecule has 1 aliphatic heterocycles. The van der Waals surface area contributed by atoms with E-state index in [4.69, 9.17) is 4.74 Å². The van der Waals surface area contributed by atoms with E-state index in [9.17, 15) is 19.7 Å². The van der Waals surface area contributed by atoms with Crippen molar-refractivity contribution >= 4 is 12.0 Å². The normalized spacial score (nSPS) is 33.7. The molecule has 3 aliphatic rings. The largest absolute Gasteiger partial charge is 0.444 e. The molecule has 1 saturated heterocycles. The van der Waals surface area contributed by atoms with E-state index >= 15 is 0 Å². The Morgan fingerprint density at radius 3 is 2.83 bits per heavy atom. The van der Waals surface area contributed by atoms with Crippen LogP contribution in [0.3, 0.4) is 0 Å². The first-order chi connectivity index (χ1) is 11.0. The first-order valence-electron chi connectivity index (χ1n) is 8.44. The van der Waals surface area contributed by atoms with E-state index in [0.717, 1.165) is 38.5 Å². The van der Waals surface area contributed by atoms with Gasteiger partial charge in [0.15, 0.2) is 0 Å². The summed E-state index contributed by atoms with van der Waals surface area (Å²) in [5, 5.41) is 13.7. The number of fused-ring (bicyclic) bond motifs is 1. The maximum absolute atomic E-state index is 12.2. The standard InChI is InChI=1S/C15H23N3O5/c19-14(16-10-4-3-5-11(8-10)18(21)22)9-17-12-6-1-2-7-13(12)23-15(17)20/h10-13H,1-9H2,(H,16,19). The summed E-state index contributed by atoms with van der Waals surface area (Å²) in [5.41, 5.74) is 0. The van der Waals surface area contributed by atoms with Gasteiger partial charge in [0, 0.05) is 23.8 Å². The van der Waals surface area contributed by atoms with Crippen LogP contribution in [-0.4, -0.2) is 52.6 Å². The molecule has 4 unspecified atom stereocenters. The van der Waals surface area contributed by atoms with E-state index in [2.05, 4.69) is 5.32 Å². The number of hydrogen-bond acceptors (Lipinski definition) is 5. The van der Waals surface area contributed by atoms with Crippen LogP contribution in [0.4, 0.5) is 4.79 Å². The van der Waals surface area contributed by atoms with E-state index in [-0.39, 0.29) is 35.6 Å². The molecule has 1 N–H and O–H groups in total. The second-order valence-electron chi connectivity index (χ2n) is 6.77. The van der Waals surface area contributed by atoms with Crippen LogP contribution < -0.4 is 5.32 Å². The molecular weight excluding hydrogens is 302 g/mol. The Balaban J connectivity index is 1.52. The highest BCUT2D eigenvalue weighted by Gasteiger charge is 2.43. The van der Waals surface area contributed by atoms with Crippen molar-refractivity contribution in [2.45, 2.75) is 75.6 Å². The Morgan fingerprint density at radius 1 is 1.26 bits per heavy atom. The lowest BCUT2D eigenvalue weighted by Crippen LogP contribution is -2.48. The van der Waals surface area contributed by atoms with Gasteiger partial charge in [-0.3, -0.25) is 19.8 Å². The van der Waals surface area contributed by atoms with Crippen LogP contribution in [0.15, 0.2) is 0 Å². The van der Waals surface area contributed by atoms with Crippen LogP contribution in [0.25, 0.3) is 0 Å². The molecule has 8 heteroatoms. The van der Waals surface area contributed by atoms with Gasteiger partial charge in [-0.1, -0.05) is 6.42 Å². The Hall–Kier alpha value is -1.86. The molecular formula is C15H23N3O5. The topological polar surface area (TPSA) is 102 Å². The van der Waals surface area contributed by atoms with Crippen LogP contribution in [-0.2, 0) is 9.53 Å². The Kier molecular flexibility index (Phi) is 4.68. The highest BCUT2D eigenvalue weighted by atomic mass is 16.6. The first-order valence-corrected chi connectivity index (χ1v) is 8.44. The van der Waals surface area contributed by atoms with Crippen molar-refractivity contribution in [3.63, 3.8) is 0 Å². The second kappa shape index (κ2) is 6.72. The zero-order chi connectivity index (χ0) is 16.4. The van der Waals surface area contributed by atoms with E-state index in [1.807, 2.05) is 0 Å². The number of amides is 2. The number of carbonyl (C=O) groups excluding carboxylic acids is 2. The van der Waals surface area contributed by atoms with Crippen LogP contribution in [0, 0.1) is 10.1 Å². The molecule has 0 spiro atoms. The van der Waals surface area contributed by atoms with Gasteiger partial charge >= 0.3 is 6.09 Å². The van der Waals surface area contributed by atoms with E-state index < -0.39 is 12.1 Å². The minimum Gasteiger partial charge on any atom is -0.444 e. The predicted octanol–water partition coefficient (Wildman–Crippen LogP) is 1.45. The van der Waals surface area contributed by atoms with Crippen molar-refractivity contribution in [3.8, 4) is 0 Å². The minimum atomic E-state index is -0.575. The third kappa shape index (κ3) is 3.56. The molecule has 3 rings (SSSR count).